The van der Waals surface area contributed by atoms with Crippen molar-refractivity contribution in [3.63, 3.8) is 0 Å². The van der Waals surface area contributed by atoms with Gasteiger partial charge in [0.1, 0.15) is 0 Å². The Hall–Kier alpha value is -7.17. The van der Waals surface area contributed by atoms with Crippen LogP contribution in [0, 0.1) is 0 Å². The highest BCUT2D eigenvalue weighted by Crippen LogP contribution is 2.41. The third-order valence-corrected chi connectivity index (χ3v) is 10.0. The van der Waals surface area contributed by atoms with E-state index in [-0.39, 0.29) is 0 Å². The van der Waals surface area contributed by atoms with Crippen LogP contribution >= 0.6 is 0 Å². The molecule has 0 spiro atoms. The lowest BCUT2D eigenvalue weighted by Gasteiger charge is -2.12. The first kappa shape index (κ1) is 30.6. The normalized spacial score (nSPS) is 11.4. The van der Waals surface area contributed by atoms with E-state index in [9.17, 15) is 0 Å². The van der Waals surface area contributed by atoms with Gasteiger partial charge in [-0.2, -0.15) is 0 Å². The summed E-state index contributed by atoms with van der Waals surface area (Å²) in [5, 5.41) is 3.43. The number of benzene rings is 7. The fourth-order valence-electron chi connectivity index (χ4n) is 7.46. The maximum absolute atomic E-state index is 5.33. The van der Waals surface area contributed by atoms with Crippen molar-refractivity contribution in [2.45, 2.75) is 0 Å². The van der Waals surface area contributed by atoms with Crippen molar-refractivity contribution in [2.24, 2.45) is 0 Å². The van der Waals surface area contributed by atoms with Crippen molar-refractivity contribution in [3.8, 4) is 62.0 Å². The Morgan fingerprint density at radius 3 is 1.55 bits per heavy atom. The van der Waals surface area contributed by atoms with Crippen LogP contribution in [0.4, 0.5) is 0 Å². The van der Waals surface area contributed by atoms with Gasteiger partial charge in [-0.1, -0.05) is 164 Å². The van der Waals surface area contributed by atoms with Crippen LogP contribution in [0.3, 0.4) is 0 Å². The highest BCUT2D eigenvalue weighted by atomic mass is 15.0. The van der Waals surface area contributed by atoms with Gasteiger partial charge >= 0.3 is 0 Å². The molecule has 4 heteroatoms. The molecule has 0 aliphatic heterocycles. The van der Waals surface area contributed by atoms with Crippen LogP contribution in [-0.4, -0.2) is 19.5 Å². The third-order valence-electron chi connectivity index (χ3n) is 10.0. The first-order valence-corrected chi connectivity index (χ1v) is 17.9. The van der Waals surface area contributed by atoms with Gasteiger partial charge in [0.15, 0.2) is 5.82 Å². The lowest BCUT2D eigenvalue weighted by atomic mass is 10.0. The van der Waals surface area contributed by atoms with Crippen LogP contribution in [0.25, 0.3) is 94.7 Å². The van der Waals surface area contributed by atoms with E-state index in [0.717, 1.165) is 72.3 Å². The lowest BCUT2D eigenvalue weighted by molar-refractivity contribution is 1.18. The summed E-state index contributed by atoms with van der Waals surface area (Å²) in [5.74, 6) is 0.678. The number of fused-ring (bicyclic) bond motifs is 5. The minimum atomic E-state index is 0.678. The molecule has 0 aliphatic rings. The zero-order valence-corrected chi connectivity index (χ0v) is 28.8. The number of pyridine rings is 1. The number of hydrogen-bond acceptors (Lipinski definition) is 3. The second kappa shape index (κ2) is 12.9. The fourth-order valence-corrected chi connectivity index (χ4v) is 7.46. The van der Waals surface area contributed by atoms with E-state index >= 15 is 0 Å². The molecule has 10 rings (SSSR count). The number of para-hydroxylation sites is 3. The summed E-state index contributed by atoms with van der Waals surface area (Å²) in [6.07, 6.45) is 0. The smallest absolute Gasteiger partial charge is 0.160 e. The molecule has 0 fully saturated rings. The van der Waals surface area contributed by atoms with Gasteiger partial charge in [-0.3, -0.25) is 0 Å². The van der Waals surface area contributed by atoms with E-state index in [4.69, 9.17) is 15.0 Å². The SMILES string of the molecule is c1ccc(-c2ccc(-c3cc(-c4ccccc4)nc(-c4ccc(-c5nc6ccccc6c6c5c5ccccc5n6-c5ccccc5)cc4)n3)cc2)cc1. The van der Waals surface area contributed by atoms with Crippen LogP contribution in [0.2, 0.25) is 0 Å². The monoisotopic (exact) mass is 676 g/mol. The minimum Gasteiger partial charge on any atom is -0.308 e. The van der Waals surface area contributed by atoms with Gasteiger partial charge in [0.05, 0.1) is 33.6 Å². The fraction of sp³-hybridized carbons (Fsp3) is 0. The van der Waals surface area contributed by atoms with Crippen LogP contribution in [0.1, 0.15) is 0 Å². The number of nitrogens with zero attached hydrogens (tertiary/aromatic N) is 4. The zero-order valence-electron chi connectivity index (χ0n) is 28.8. The molecule has 248 valence electrons. The summed E-state index contributed by atoms with van der Waals surface area (Å²) in [6, 6.07) is 67.7. The molecule has 53 heavy (non-hydrogen) atoms. The number of rotatable bonds is 6. The molecule has 0 radical (unpaired) electrons. The van der Waals surface area contributed by atoms with Gasteiger partial charge in [-0.25, -0.2) is 15.0 Å². The molecule has 4 nitrogen and oxygen atoms in total. The molecule has 0 aliphatic carbocycles. The van der Waals surface area contributed by atoms with E-state index in [2.05, 4.69) is 174 Å². The van der Waals surface area contributed by atoms with E-state index in [1.54, 1.807) is 0 Å². The van der Waals surface area contributed by atoms with E-state index in [1.807, 2.05) is 24.3 Å². The Balaban J connectivity index is 1.12. The second-order valence-electron chi connectivity index (χ2n) is 13.2. The molecular weight excluding hydrogens is 645 g/mol. The van der Waals surface area contributed by atoms with Gasteiger partial charge in [0, 0.05) is 44.1 Å². The maximum Gasteiger partial charge on any atom is 0.160 e. The van der Waals surface area contributed by atoms with Gasteiger partial charge in [0.2, 0.25) is 0 Å². The average molecular weight is 677 g/mol. The minimum absolute atomic E-state index is 0.678. The van der Waals surface area contributed by atoms with Crippen molar-refractivity contribution in [1.82, 2.24) is 19.5 Å². The highest BCUT2D eigenvalue weighted by molar-refractivity contribution is 6.22. The van der Waals surface area contributed by atoms with Gasteiger partial charge in [0.25, 0.3) is 0 Å². The Labute approximate surface area is 307 Å². The maximum atomic E-state index is 5.33. The van der Waals surface area contributed by atoms with Crippen molar-refractivity contribution in [2.75, 3.05) is 0 Å². The van der Waals surface area contributed by atoms with Gasteiger partial charge < -0.3 is 4.57 Å². The van der Waals surface area contributed by atoms with Crippen LogP contribution in [0.5, 0.6) is 0 Å². The predicted molar refractivity (Wildman–Crippen MR) is 219 cm³/mol. The predicted octanol–water partition coefficient (Wildman–Crippen LogP) is 12.5. The molecule has 0 unspecified atom stereocenters. The molecule has 10 aromatic rings. The van der Waals surface area contributed by atoms with Gasteiger partial charge in [-0.15, -0.1) is 0 Å². The highest BCUT2D eigenvalue weighted by Gasteiger charge is 2.20. The van der Waals surface area contributed by atoms with Crippen molar-refractivity contribution >= 4 is 32.7 Å². The molecule has 0 amide bonds. The Kier molecular flexibility index (Phi) is 7.43. The Bertz CT molecular complexity index is 2900. The molecule has 3 aromatic heterocycles. The standard InChI is InChI=1S/C49H32N4/c1-4-14-33(15-5-1)34-24-26-36(27-25-34)44-32-43(35-16-6-2-7-17-35)51-49(52-44)38-30-28-37(29-31-38)47-46-41-21-11-13-23-45(41)53(39-18-8-3-9-19-39)48(46)40-20-10-12-22-42(40)50-47/h1-32H. The van der Waals surface area contributed by atoms with E-state index in [1.165, 1.54) is 16.5 Å². The molecule has 3 heterocycles. The molecule has 0 saturated heterocycles. The van der Waals surface area contributed by atoms with E-state index in [0.29, 0.717) is 5.82 Å². The van der Waals surface area contributed by atoms with Gasteiger partial charge in [-0.05, 0) is 41.5 Å². The molecule has 0 atom stereocenters. The summed E-state index contributed by atoms with van der Waals surface area (Å²) in [4.78, 5) is 15.6. The number of hydrogen-bond donors (Lipinski definition) is 0. The largest absolute Gasteiger partial charge is 0.308 e. The lowest BCUT2D eigenvalue weighted by Crippen LogP contribution is -1.97. The average Bonchev–Trinajstić information content (AvgIpc) is 3.60. The Morgan fingerprint density at radius 1 is 0.358 bits per heavy atom. The van der Waals surface area contributed by atoms with Crippen molar-refractivity contribution < 1.29 is 0 Å². The number of aromatic nitrogens is 4. The third kappa shape index (κ3) is 5.45. The van der Waals surface area contributed by atoms with E-state index < -0.39 is 0 Å². The summed E-state index contributed by atoms with van der Waals surface area (Å²) < 4.78 is 2.38. The van der Waals surface area contributed by atoms with Crippen LogP contribution < -0.4 is 0 Å². The molecular formula is C49H32N4. The Morgan fingerprint density at radius 2 is 0.849 bits per heavy atom. The summed E-state index contributed by atoms with van der Waals surface area (Å²) in [5.41, 5.74) is 13.5. The summed E-state index contributed by atoms with van der Waals surface area (Å²) >= 11 is 0. The molecule has 7 aromatic carbocycles. The summed E-state index contributed by atoms with van der Waals surface area (Å²) in [6.45, 7) is 0. The van der Waals surface area contributed by atoms with Crippen LogP contribution in [-0.2, 0) is 0 Å². The zero-order chi connectivity index (χ0) is 35.1. The first-order valence-electron chi connectivity index (χ1n) is 17.9. The van der Waals surface area contributed by atoms with Crippen molar-refractivity contribution in [3.05, 3.63) is 194 Å². The second-order valence-corrected chi connectivity index (χ2v) is 13.2. The first-order chi connectivity index (χ1) is 26.3. The molecule has 0 saturated carbocycles. The topological polar surface area (TPSA) is 43.6 Å². The van der Waals surface area contributed by atoms with Crippen molar-refractivity contribution in [1.29, 1.82) is 0 Å². The van der Waals surface area contributed by atoms with Crippen LogP contribution in [0.15, 0.2) is 194 Å². The molecule has 0 bridgehead atoms. The quantitative estimate of drug-likeness (QED) is 0.176. The summed E-state index contributed by atoms with van der Waals surface area (Å²) in [7, 11) is 0. The molecule has 0 N–H and O–H groups in total.